The van der Waals surface area contributed by atoms with Gasteiger partial charge in [-0.3, -0.25) is 5.43 Å². The maximum Gasteiger partial charge on any atom is 0.323 e. The minimum absolute atomic E-state index is 0.282. The van der Waals surface area contributed by atoms with Gasteiger partial charge in [-0.25, -0.2) is 5.84 Å². The topological polar surface area (TPSA) is 98.0 Å². The van der Waals surface area contributed by atoms with E-state index in [1.54, 1.807) is 0 Å². The average molecular weight is 238 g/mol. The molecule has 4 N–H and O–H groups in total. The van der Waals surface area contributed by atoms with Crippen molar-refractivity contribution in [1.82, 2.24) is 15.0 Å². The molecule has 1 heterocycles. The zero-order valence-corrected chi connectivity index (χ0v) is 9.94. The number of nitrogen functional groups attached to an aromatic ring is 1. The smallest absolute Gasteiger partial charge is 0.323 e. The molecular weight excluding hydrogens is 220 g/mol. The third kappa shape index (κ3) is 3.70. The number of anilines is 2. The molecule has 94 valence electrons. The molecule has 1 aromatic heterocycles. The number of aromatic nitrogens is 3. The summed E-state index contributed by atoms with van der Waals surface area (Å²) in [6.07, 6.45) is 3.85. The van der Waals surface area contributed by atoms with Crippen LogP contribution in [0.5, 0.6) is 6.01 Å². The molecule has 0 aromatic carbocycles. The Kier molecular flexibility index (Phi) is 3.92. The van der Waals surface area contributed by atoms with Crippen molar-refractivity contribution in [3.8, 4) is 6.01 Å². The quantitative estimate of drug-likeness (QED) is 0.476. The molecule has 0 atom stereocenters. The number of hydrazine groups is 1. The van der Waals surface area contributed by atoms with Crippen LogP contribution in [0.4, 0.5) is 11.9 Å². The minimum Gasteiger partial charge on any atom is -0.464 e. The van der Waals surface area contributed by atoms with Crippen molar-refractivity contribution >= 4 is 11.9 Å². The van der Waals surface area contributed by atoms with Gasteiger partial charge in [0.15, 0.2) is 0 Å². The van der Waals surface area contributed by atoms with E-state index in [1.165, 1.54) is 12.8 Å². The first-order valence-corrected chi connectivity index (χ1v) is 5.91. The number of rotatable bonds is 7. The van der Waals surface area contributed by atoms with Crippen molar-refractivity contribution in [3.05, 3.63) is 0 Å². The van der Waals surface area contributed by atoms with Gasteiger partial charge in [0.05, 0.1) is 6.61 Å². The lowest BCUT2D eigenvalue weighted by Crippen LogP contribution is -2.15. The third-order valence-electron chi connectivity index (χ3n) is 2.55. The van der Waals surface area contributed by atoms with Crippen molar-refractivity contribution < 1.29 is 4.74 Å². The summed E-state index contributed by atoms with van der Waals surface area (Å²) in [7, 11) is 0. The highest BCUT2D eigenvalue weighted by Gasteiger charge is 2.20. The fourth-order valence-electron chi connectivity index (χ4n) is 1.49. The highest BCUT2D eigenvalue weighted by atomic mass is 16.5. The Hall–Kier alpha value is -1.63. The lowest BCUT2D eigenvalue weighted by molar-refractivity contribution is 0.312. The molecule has 0 unspecified atom stereocenters. The summed E-state index contributed by atoms with van der Waals surface area (Å²) in [6.45, 7) is 3.25. The fourth-order valence-corrected chi connectivity index (χ4v) is 1.49. The van der Waals surface area contributed by atoms with E-state index < -0.39 is 0 Å². The van der Waals surface area contributed by atoms with Gasteiger partial charge >= 0.3 is 6.01 Å². The standard InChI is InChI=1S/C10H18N6O/c1-2-17-10-14-8(13-9(15-10)16-11)12-6-5-7-3-4-7/h7H,2-6,11H2,1H3,(H2,12,13,14,15,16). The highest BCUT2D eigenvalue weighted by molar-refractivity contribution is 5.34. The van der Waals surface area contributed by atoms with Gasteiger partial charge in [0.25, 0.3) is 0 Å². The van der Waals surface area contributed by atoms with Crippen LogP contribution < -0.4 is 21.3 Å². The molecule has 0 aliphatic heterocycles. The molecule has 0 radical (unpaired) electrons. The summed E-state index contributed by atoms with van der Waals surface area (Å²) < 4.78 is 5.23. The molecule has 1 fully saturated rings. The second-order valence-electron chi connectivity index (χ2n) is 4.00. The van der Waals surface area contributed by atoms with Gasteiger partial charge in [-0.15, -0.1) is 0 Å². The van der Waals surface area contributed by atoms with Crippen molar-refractivity contribution in [2.75, 3.05) is 23.9 Å². The first-order chi connectivity index (χ1) is 8.31. The molecule has 1 saturated carbocycles. The summed E-state index contributed by atoms with van der Waals surface area (Å²) >= 11 is 0. The lowest BCUT2D eigenvalue weighted by atomic mass is 10.3. The van der Waals surface area contributed by atoms with Crippen LogP contribution >= 0.6 is 0 Å². The molecule has 0 spiro atoms. The Bertz CT molecular complexity index is 368. The van der Waals surface area contributed by atoms with Crippen LogP contribution in [0.3, 0.4) is 0 Å². The Balaban J connectivity index is 1.94. The van der Waals surface area contributed by atoms with E-state index in [1.807, 2.05) is 6.92 Å². The van der Waals surface area contributed by atoms with Gasteiger partial charge in [-0.05, 0) is 19.3 Å². The number of nitrogens with one attached hydrogen (secondary N) is 2. The van der Waals surface area contributed by atoms with E-state index in [0.29, 0.717) is 18.5 Å². The molecule has 0 bridgehead atoms. The van der Waals surface area contributed by atoms with Crippen LogP contribution in [0.25, 0.3) is 0 Å². The van der Waals surface area contributed by atoms with Crippen LogP contribution in [0, 0.1) is 5.92 Å². The predicted octanol–water partition coefficient (Wildman–Crippen LogP) is 0.768. The monoisotopic (exact) mass is 238 g/mol. The molecule has 0 amide bonds. The van der Waals surface area contributed by atoms with Gasteiger partial charge in [0, 0.05) is 6.54 Å². The highest BCUT2D eigenvalue weighted by Crippen LogP contribution is 2.31. The van der Waals surface area contributed by atoms with E-state index >= 15 is 0 Å². The molecule has 7 nitrogen and oxygen atoms in total. The minimum atomic E-state index is 0.282. The number of hydrogen-bond acceptors (Lipinski definition) is 7. The van der Waals surface area contributed by atoms with Crippen molar-refractivity contribution in [2.45, 2.75) is 26.2 Å². The van der Waals surface area contributed by atoms with Crippen LogP contribution in [0.1, 0.15) is 26.2 Å². The molecule has 1 aromatic rings. The van der Waals surface area contributed by atoms with Gasteiger partial charge in [0.1, 0.15) is 0 Å². The van der Waals surface area contributed by atoms with Crippen LogP contribution in [-0.4, -0.2) is 28.1 Å². The summed E-state index contributed by atoms with van der Waals surface area (Å²) in [5.74, 6) is 6.96. The van der Waals surface area contributed by atoms with Crippen molar-refractivity contribution in [3.63, 3.8) is 0 Å². The van der Waals surface area contributed by atoms with Crippen LogP contribution in [0.15, 0.2) is 0 Å². The van der Waals surface area contributed by atoms with E-state index in [-0.39, 0.29) is 6.01 Å². The first-order valence-electron chi connectivity index (χ1n) is 5.91. The molecule has 0 saturated heterocycles. The van der Waals surface area contributed by atoms with E-state index in [9.17, 15) is 0 Å². The third-order valence-corrected chi connectivity index (χ3v) is 2.55. The largest absolute Gasteiger partial charge is 0.464 e. The second-order valence-corrected chi connectivity index (χ2v) is 4.00. The van der Waals surface area contributed by atoms with Gasteiger partial charge < -0.3 is 10.1 Å². The molecule has 7 heteroatoms. The summed E-state index contributed by atoms with van der Waals surface area (Å²) in [5, 5.41) is 3.15. The van der Waals surface area contributed by atoms with Crippen LogP contribution in [-0.2, 0) is 0 Å². The van der Waals surface area contributed by atoms with Crippen molar-refractivity contribution in [1.29, 1.82) is 0 Å². The van der Waals surface area contributed by atoms with E-state index in [0.717, 1.165) is 18.9 Å². The number of nitrogens with two attached hydrogens (primary N) is 1. The Morgan fingerprint density at radius 3 is 2.71 bits per heavy atom. The summed E-state index contributed by atoms with van der Waals surface area (Å²) in [6, 6.07) is 0.282. The fraction of sp³-hybridized carbons (Fsp3) is 0.700. The number of hydrogen-bond donors (Lipinski definition) is 3. The maximum atomic E-state index is 5.28. The Morgan fingerprint density at radius 1 is 1.29 bits per heavy atom. The van der Waals surface area contributed by atoms with Gasteiger partial charge in [-0.2, -0.15) is 15.0 Å². The molecule has 1 aliphatic carbocycles. The lowest BCUT2D eigenvalue weighted by Gasteiger charge is -2.08. The SMILES string of the molecule is CCOc1nc(NN)nc(NCCC2CC2)n1. The second kappa shape index (κ2) is 5.62. The molecular formula is C10H18N6O. The van der Waals surface area contributed by atoms with Crippen LogP contribution in [0.2, 0.25) is 0 Å². The molecule has 17 heavy (non-hydrogen) atoms. The number of ether oxygens (including phenoxy) is 1. The summed E-state index contributed by atoms with van der Waals surface area (Å²) in [5.41, 5.74) is 2.40. The average Bonchev–Trinajstić information content (AvgIpc) is 3.13. The normalized spacial score (nSPS) is 14.5. The molecule has 2 rings (SSSR count). The predicted molar refractivity (Wildman–Crippen MR) is 64.6 cm³/mol. The van der Waals surface area contributed by atoms with E-state index in [4.69, 9.17) is 10.6 Å². The summed E-state index contributed by atoms with van der Waals surface area (Å²) in [4.78, 5) is 12.2. The Morgan fingerprint density at radius 2 is 2.06 bits per heavy atom. The Labute approximate surface area is 100 Å². The van der Waals surface area contributed by atoms with Crippen molar-refractivity contribution in [2.24, 2.45) is 11.8 Å². The van der Waals surface area contributed by atoms with Gasteiger partial charge in [0.2, 0.25) is 11.9 Å². The van der Waals surface area contributed by atoms with E-state index in [2.05, 4.69) is 25.7 Å². The number of nitrogens with zero attached hydrogens (tertiary/aromatic N) is 3. The zero-order chi connectivity index (χ0) is 12.1. The first kappa shape index (κ1) is 11.8. The molecule has 1 aliphatic rings. The van der Waals surface area contributed by atoms with Gasteiger partial charge in [-0.1, -0.05) is 12.8 Å². The zero-order valence-electron chi connectivity index (χ0n) is 9.94. The maximum absolute atomic E-state index is 5.28.